The zero-order valence-electron chi connectivity index (χ0n) is 30.8. The number of H-pyrrole nitrogens is 1. The molecule has 0 radical (unpaired) electrons. The molecule has 3 aromatic heterocycles. The number of aromatic hydroxyl groups is 1. The molecule has 6 N–H and O–H groups in total. The normalized spacial score (nSPS) is 18.0. The van der Waals surface area contributed by atoms with Crippen molar-refractivity contribution in [2.45, 2.75) is 68.9 Å². The molecule has 55 heavy (non-hydrogen) atoms. The minimum Gasteiger partial charge on any atom is -0.506 e. The number of aromatic amines is 1. The highest BCUT2D eigenvalue weighted by molar-refractivity contribution is 7.12. The number of nitrogens with zero attached hydrogens (tertiary/aromatic N) is 1. The van der Waals surface area contributed by atoms with E-state index in [-0.39, 0.29) is 41.7 Å². The summed E-state index contributed by atoms with van der Waals surface area (Å²) >= 11 is 9.24. The highest BCUT2D eigenvalue weighted by Crippen LogP contribution is 2.41. The van der Waals surface area contributed by atoms with Gasteiger partial charge in [0.15, 0.2) is 0 Å². The van der Waals surface area contributed by atoms with Crippen molar-refractivity contribution in [3.05, 3.63) is 108 Å². The van der Waals surface area contributed by atoms with Crippen LogP contribution in [0, 0.1) is 0 Å². The van der Waals surface area contributed by atoms with Gasteiger partial charge in [0.2, 0.25) is 17.1 Å². The number of aliphatic hydroxyl groups excluding tert-OH is 1. The minimum absolute atomic E-state index is 0.0834. The van der Waals surface area contributed by atoms with Crippen molar-refractivity contribution in [2.24, 2.45) is 0 Å². The van der Waals surface area contributed by atoms with Gasteiger partial charge in [-0.2, -0.15) is 0 Å². The minimum atomic E-state index is -1.85. The number of aliphatic hydroxyl groups is 2. The third-order valence-corrected chi connectivity index (χ3v) is 12.6. The maximum atomic E-state index is 13.6. The van der Waals surface area contributed by atoms with Gasteiger partial charge in [0.05, 0.1) is 39.2 Å². The number of phenolic OH excluding ortho intramolecular Hbond substituents is 1. The molecule has 5 aromatic rings. The van der Waals surface area contributed by atoms with Crippen LogP contribution in [0.2, 0.25) is 5.02 Å². The van der Waals surface area contributed by atoms with Crippen LogP contribution >= 0.6 is 34.3 Å². The number of benzene rings is 2. The van der Waals surface area contributed by atoms with Crippen LogP contribution in [0.3, 0.4) is 0 Å². The Hall–Kier alpha value is -4.28. The fourth-order valence-electron chi connectivity index (χ4n) is 7.04. The Bertz CT molecular complexity index is 2130. The van der Waals surface area contributed by atoms with Gasteiger partial charge in [-0.3, -0.25) is 9.59 Å². The van der Waals surface area contributed by atoms with Gasteiger partial charge in [0.1, 0.15) is 17.1 Å². The number of aromatic nitrogens is 1. The van der Waals surface area contributed by atoms with Crippen LogP contribution in [-0.2, 0) is 26.5 Å². The molecule has 0 aliphatic heterocycles. The molecule has 6 rings (SSSR count). The van der Waals surface area contributed by atoms with E-state index in [1.807, 2.05) is 24.7 Å². The van der Waals surface area contributed by atoms with E-state index >= 15 is 0 Å². The van der Waals surface area contributed by atoms with Gasteiger partial charge in [-0.05, 0) is 86.3 Å². The van der Waals surface area contributed by atoms with Gasteiger partial charge >= 0.3 is 5.97 Å². The molecule has 15 heteroatoms. The van der Waals surface area contributed by atoms with Gasteiger partial charge in [0, 0.05) is 55.2 Å². The van der Waals surface area contributed by atoms with Gasteiger partial charge < -0.3 is 45.3 Å². The number of pyridine rings is 1. The maximum absolute atomic E-state index is 13.6. The maximum Gasteiger partial charge on any atom is 0.349 e. The molecule has 12 nitrogen and oxygen atoms in total. The second-order valence-corrected chi connectivity index (χ2v) is 16.4. The number of fused-ring (bicyclic) bond motifs is 1. The first-order chi connectivity index (χ1) is 26.3. The van der Waals surface area contributed by atoms with Crippen LogP contribution in [0.15, 0.2) is 76.2 Å². The monoisotopic (exact) mass is 808 g/mol. The third-order valence-electron chi connectivity index (χ3n) is 10.3. The molecule has 0 saturated heterocycles. The Morgan fingerprint density at radius 1 is 1.09 bits per heavy atom. The quantitative estimate of drug-likeness (QED) is 0.0661. The number of methoxy groups -OCH3 is 1. The van der Waals surface area contributed by atoms with Crippen molar-refractivity contribution in [3.8, 4) is 11.5 Å². The van der Waals surface area contributed by atoms with Crippen molar-refractivity contribution in [3.63, 3.8) is 0 Å². The van der Waals surface area contributed by atoms with Crippen LogP contribution in [0.25, 0.3) is 10.9 Å². The molecule has 0 unspecified atom stereocenters. The van der Waals surface area contributed by atoms with Gasteiger partial charge in [-0.25, -0.2) is 4.79 Å². The number of nitrogens with one attached hydrogen (secondary N) is 3. The average Bonchev–Trinajstić information content (AvgIpc) is 3.92. The van der Waals surface area contributed by atoms with E-state index in [0.29, 0.717) is 63.1 Å². The van der Waals surface area contributed by atoms with Crippen molar-refractivity contribution in [2.75, 3.05) is 32.6 Å². The molecule has 2 aromatic carbocycles. The van der Waals surface area contributed by atoms with Crippen molar-refractivity contribution in [1.82, 2.24) is 15.2 Å². The second-order valence-electron chi connectivity index (χ2n) is 14.1. The molecule has 1 fully saturated rings. The highest BCUT2D eigenvalue weighted by atomic mass is 35.5. The van der Waals surface area contributed by atoms with E-state index in [2.05, 4.69) is 20.5 Å². The average molecular weight is 809 g/mol. The molecular weight excluding hydrogens is 764 g/mol. The van der Waals surface area contributed by atoms with Gasteiger partial charge in [-0.1, -0.05) is 29.8 Å². The first-order valence-electron chi connectivity index (χ1n) is 18.0. The largest absolute Gasteiger partial charge is 0.506 e. The van der Waals surface area contributed by atoms with Crippen LogP contribution in [-0.4, -0.2) is 76.0 Å². The summed E-state index contributed by atoms with van der Waals surface area (Å²) in [5, 5.41) is 43.4. The number of hydrogen-bond donors (Lipinski definition) is 6. The Balaban J connectivity index is 0.980. The first-order valence-corrected chi connectivity index (χ1v) is 20.1. The summed E-state index contributed by atoms with van der Waals surface area (Å²) in [6.45, 7) is 2.89. The Morgan fingerprint density at radius 3 is 2.42 bits per heavy atom. The van der Waals surface area contributed by atoms with Crippen LogP contribution in [0.1, 0.15) is 66.0 Å². The topological polar surface area (TPSA) is 173 Å². The van der Waals surface area contributed by atoms with Crippen molar-refractivity contribution in [1.29, 1.82) is 0 Å². The SMILES string of the molecule is COc1cc(NC(=O)CCN(C)C2CCC(C)(OC(=O)C(O)(c3cccs3)c3cccs3)CC2)c(Cl)cc1CNC[C@H](O)c1ccc(O)c2[nH]c(=O)ccc12. The number of esters is 1. The van der Waals surface area contributed by atoms with E-state index in [1.165, 1.54) is 41.9 Å². The molecule has 1 atom stereocenters. The Kier molecular flexibility index (Phi) is 12.7. The van der Waals surface area contributed by atoms with Gasteiger partial charge in [-0.15, -0.1) is 22.7 Å². The highest BCUT2D eigenvalue weighted by Gasteiger charge is 2.47. The lowest BCUT2D eigenvalue weighted by Gasteiger charge is -2.41. The molecule has 1 aliphatic rings. The molecule has 1 saturated carbocycles. The van der Waals surface area contributed by atoms with Crippen LogP contribution < -0.4 is 20.9 Å². The summed E-state index contributed by atoms with van der Waals surface area (Å²) in [6.07, 6.45) is 2.06. The zero-order valence-corrected chi connectivity index (χ0v) is 33.2. The lowest BCUT2D eigenvalue weighted by atomic mass is 9.82. The number of amides is 1. The van der Waals surface area contributed by atoms with Gasteiger partial charge in [0.25, 0.3) is 0 Å². The first kappa shape index (κ1) is 40.4. The molecule has 292 valence electrons. The number of thiophene rings is 2. The Labute approximate surface area is 331 Å². The molecule has 3 heterocycles. The third kappa shape index (κ3) is 9.07. The smallest absolute Gasteiger partial charge is 0.349 e. The number of anilines is 1. The summed E-state index contributed by atoms with van der Waals surface area (Å²) < 4.78 is 11.7. The van der Waals surface area contributed by atoms with E-state index in [1.54, 1.807) is 48.5 Å². The second kappa shape index (κ2) is 17.2. The van der Waals surface area contributed by atoms with Crippen molar-refractivity contribution >= 4 is 62.7 Å². The number of carbonyl (C=O) groups excluding carboxylic acids is 2. The van der Waals surface area contributed by atoms with E-state index < -0.39 is 23.3 Å². The molecule has 1 amide bonds. The number of ether oxygens (including phenoxy) is 2. The lowest BCUT2D eigenvalue weighted by Crippen LogP contribution is -2.47. The number of rotatable bonds is 15. The van der Waals surface area contributed by atoms with E-state index in [9.17, 15) is 29.7 Å². The van der Waals surface area contributed by atoms with Crippen LogP contribution in [0.4, 0.5) is 5.69 Å². The fraction of sp³-hybridized carbons (Fsp3) is 0.375. The van der Waals surface area contributed by atoms with E-state index in [0.717, 1.165) is 18.4 Å². The number of carbonyl (C=O) groups is 2. The zero-order chi connectivity index (χ0) is 39.3. The summed E-state index contributed by atoms with van der Waals surface area (Å²) in [5.74, 6) is -0.452. The van der Waals surface area contributed by atoms with Crippen molar-refractivity contribution < 1.29 is 34.4 Å². The predicted octanol–water partition coefficient (Wildman–Crippen LogP) is 6.28. The summed E-state index contributed by atoms with van der Waals surface area (Å²) in [5.41, 5.74) is -0.997. The summed E-state index contributed by atoms with van der Waals surface area (Å²) in [6, 6.07) is 16.6. The summed E-state index contributed by atoms with van der Waals surface area (Å²) in [7, 11) is 3.51. The fourth-order valence-corrected chi connectivity index (χ4v) is 8.99. The number of hydrogen-bond acceptors (Lipinski definition) is 12. The molecule has 1 aliphatic carbocycles. The molecule has 0 spiro atoms. The molecule has 0 bridgehead atoms. The summed E-state index contributed by atoms with van der Waals surface area (Å²) in [4.78, 5) is 44.2. The van der Waals surface area contributed by atoms with E-state index in [4.69, 9.17) is 21.1 Å². The number of phenols is 1. The number of halogens is 1. The predicted molar refractivity (Wildman–Crippen MR) is 215 cm³/mol. The van der Waals surface area contributed by atoms with Crippen LogP contribution in [0.5, 0.6) is 11.5 Å². The standard InChI is InChI=1S/C40H45ClN4O8S2/c1-39(53-38(50)40(51,33-6-4-18-54-33)34-7-5-19-55-34)15-12-25(13-16-39)45(2)17-14-36(49)43-29-21-32(52-3)24(20-28(29)41)22-42-23-31(47)26-8-10-30(46)37-27(26)9-11-35(48)44-37/h4-11,18-21,25,31,42,46-47,51H,12-17,22-23H2,1-3H3,(H,43,49)(H,44,48)/t25?,31-,39?/m0/s1. The Morgan fingerprint density at radius 2 is 1.78 bits per heavy atom. The lowest BCUT2D eigenvalue weighted by molar-refractivity contribution is -0.180. The molecular formula is C40H45ClN4O8S2.